The molecule has 8 heteroatoms. The van der Waals surface area contributed by atoms with Gasteiger partial charge >= 0.3 is 0 Å². The summed E-state index contributed by atoms with van der Waals surface area (Å²) >= 11 is 0. The molecule has 1 atom stereocenters. The molecule has 2 amide bonds. The van der Waals surface area contributed by atoms with Crippen LogP contribution in [0.4, 0.5) is 0 Å². The van der Waals surface area contributed by atoms with E-state index in [9.17, 15) is 9.59 Å². The third-order valence-corrected chi connectivity index (χ3v) is 4.85. The van der Waals surface area contributed by atoms with Crippen molar-refractivity contribution in [1.29, 1.82) is 5.26 Å². The van der Waals surface area contributed by atoms with Crippen molar-refractivity contribution in [1.82, 2.24) is 19.7 Å². The van der Waals surface area contributed by atoms with Crippen molar-refractivity contribution in [2.75, 3.05) is 19.7 Å². The smallest absolute Gasteiger partial charge is 0.272 e. The molecule has 4 rings (SSSR count). The van der Waals surface area contributed by atoms with E-state index >= 15 is 0 Å². The standard InChI is InChI=1S/C19H19N5O3/c20-11-14-4-3-5-15(10-14)18(25)22-12-16-6-7-21-24(16)17(13-22)19(26)23-8-1-2-9-27-23/h3-7,10,17H,1-2,8-9,12-13H2. The van der Waals surface area contributed by atoms with Crippen LogP contribution in [-0.4, -0.2) is 51.3 Å². The molecule has 138 valence electrons. The average molecular weight is 365 g/mol. The Balaban J connectivity index is 1.60. The summed E-state index contributed by atoms with van der Waals surface area (Å²) in [6.07, 6.45) is 3.46. The normalized spacial score (nSPS) is 19.3. The zero-order valence-electron chi connectivity index (χ0n) is 14.7. The number of hydrogen-bond donors (Lipinski definition) is 0. The van der Waals surface area contributed by atoms with Crippen molar-refractivity contribution in [2.24, 2.45) is 0 Å². The van der Waals surface area contributed by atoms with Gasteiger partial charge in [-0.3, -0.25) is 19.1 Å². The van der Waals surface area contributed by atoms with Gasteiger partial charge in [-0.25, -0.2) is 5.06 Å². The van der Waals surface area contributed by atoms with Crippen LogP contribution in [0.3, 0.4) is 0 Å². The monoisotopic (exact) mass is 365 g/mol. The molecule has 27 heavy (non-hydrogen) atoms. The maximum Gasteiger partial charge on any atom is 0.272 e. The van der Waals surface area contributed by atoms with E-state index in [1.807, 2.05) is 12.1 Å². The lowest BCUT2D eigenvalue weighted by Gasteiger charge is -2.36. The maximum absolute atomic E-state index is 13.0. The molecule has 0 aliphatic carbocycles. The first-order chi connectivity index (χ1) is 13.2. The summed E-state index contributed by atoms with van der Waals surface area (Å²) in [5.74, 6) is -0.403. The Bertz CT molecular complexity index is 910. The highest BCUT2D eigenvalue weighted by Gasteiger charge is 2.36. The summed E-state index contributed by atoms with van der Waals surface area (Å²) in [6, 6.07) is 9.82. The Labute approximate surface area is 156 Å². The van der Waals surface area contributed by atoms with E-state index in [1.54, 1.807) is 40.0 Å². The average Bonchev–Trinajstić information content (AvgIpc) is 3.21. The lowest BCUT2D eigenvalue weighted by molar-refractivity contribution is -0.201. The SMILES string of the molecule is N#Cc1cccc(C(=O)N2Cc3ccnn3C(C(=O)N3CCCCO3)C2)c1. The van der Waals surface area contributed by atoms with Gasteiger partial charge in [0.05, 0.1) is 37.0 Å². The summed E-state index contributed by atoms with van der Waals surface area (Å²) in [5, 5.41) is 14.7. The van der Waals surface area contributed by atoms with E-state index in [0.717, 1.165) is 18.5 Å². The van der Waals surface area contributed by atoms with Crippen LogP contribution in [0.1, 0.15) is 40.5 Å². The van der Waals surface area contributed by atoms with Crippen LogP contribution in [0, 0.1) is 11.3 Å². The number of hydrogen-bond acceptors (Lipinski definition) is 5. The first kappa shape index (κ1) is 17.2. The number of aromatic nitrogens is 2. The van der Waals surface area contributed by atoms with E-state index in [0.29, 0.717) is 30.8 Å². The van der Waals surface area contributed by atoms with Crippen molar-refractivity contribution in [2.45, 2.75) is 25.4 Å². The zero-order chi connectivity index (χ0) is 18.8. The van der Waals surface area contributed by atoms with Gasteiger partial charge in [-0.1, -0.05) is 6.07 Å². The van der Waals surface area contributed by atoms with Gasteiger partial charge in [-0.2, -0.15) is 10.4 Å². The lowest BCUT2D eigenvalue weighted by atomic mass is 10.1. The van der Waals surface area contributed by atoms with Gasteiger partial charge in [-0.05, 0) is 37.1 Å². The van der Waals surface area contributed by atoms with Gasteiger partial charge in [0.25, 0.3) is 11.8 Å². The second-order valence-corrected chi connectivity index (χ2v) is 6.64. The van der Waals surface area contributed by atoms with E-state index < -0.39 is 6.04 Å². The minimum atomic E-state index is -0.620. The number of carbonyl (C=O) groups excluding carboxylic acids is 2. The van der Waals surface area contributed by atoms with Crippen molar-refractivity contribution in [3.05, 3.63) is 53.3 Å². The third-order valence-electron chi connectivity index (χ3n) is 4.85. The molecular weight excluding hydrogens is 346 g/mol. The van der Waals surface area contributed by atoms with Crippen LogP contribution in [0.25, 0.3) is 0 Å². The van der Waals surface area contributed by atoms with Crippen molar-refractivity contribution >= 4 is 11.8 Å². The predicted molar refractivity (Wildman–Crippen MR) is 94.1 cm³/mol. The Morgan fingerprint density at radius 1 is 1.26 bits per heavy atom. The fourth-order valence-corrected chi connectivity index (χ4v) is 3.47. The first-order valence-electron chi connectivity index (χ1n) is 8.93. The summed E-state index contributed by atoms with van der Waals surface area (Å²) in [7, 11) is 0. The van der Waals surface area contributed by atoms with Crippen LogP contribution in [0.15, 0.2) is 36.5 Å². The second kappa shape index (κ2) is 7.21. The molecule has 2 aliphatic heterocycles. The number of rotatable bonds is 2. The van der Waals surface area contributed by atoms with Gasteiger partial charge in [-0.15, -0.1) is 0 Å². The zero-order valence-corrected chi connectivity index (χ0v) is 14.7. The largest absolute Gasteiger partial charge is 0.330 e. The molecule has 1 unspecified atom stereocenters. The highest BCUT2D eigenvalue weighted by atomic mass is 16.7. The number of hydroxylamine groups is 2. The molecule has 2 aliphatic rings. The quantitative estimate of drug-likeness (QED) is 0.804. The van der Waals surface area contributed by atoms with Gasteiger partial charge in [0.15, 0.2) is 6.04 Å². The fraction of sp³-hybridized carbons (Fsp3) is 0.368. The molecule has 1 aromatic carbocycles. The van der Waals surface area contributed by atoms with Gasteiger partial charge in [0.1, 0.15) is 0 Å². The van der Waals surface area contributed by atoms with Crippen LogP contribution in [0.2, 0.25) is 0 Å². The molecule has 8 nitrogen and oxygen atoms in total. The van der Waals surface area contributed by atoms with Gasteiger partial charge < -0.3 is 4.90 Å². The molecule has 3 heterocycles. The molecule has 0 radical (unpaired) electrons. The molecule has 0 N–H and O–H groups in total. The molecule has 0 spiro atoms. The van der Waals surface area contributed by atoms with Crippen LogP contribution >= 0.6 is 0 Å². The molecular formula is C19H19N5O3. The summed E-state index contributed by atoms with van der Waals surface area (Å²) in [4.78, 5) is 33.1. The third kappa shape index (κ3) is 3.29. The van der Waals surface area contributed by atoms with Crippen LogP contribution in [0.5, 0.6) is 0 Å². The molecule has 0 bridgehead atoms. The van der Waals surface area contributed by atoms with E-state index in [1.165, 1.54) is 5.06 Å². The Morgan fingerprint density at radius 3 is 2.93 bits per heavy atom. The summed E-state index contributed by atoms with van der Waals surface area (Å²) in [6.45, 7) is 1.64. The molecule has 0 saturated carbocycles. The van der Waals surface area contributed by atoms with Gasteiger partial charge in [0, 0.05) is 18.3 Å². The molecule has 1 fully saturated rings. The van der Waals surface area contributed by atoms with Crippen molar-refractivity contribution in [3.63, 3.8) is 0 Å². The Kier molecular flexibility index (Phi) is 4.60. The highest BCUT2D eigenvalue weighted by molar-refractivity contribution is 5.95. The van der Waals surface area contributed by atoms with E-state index in [4.69, 9.17) is 10.1 Å². The highest BCUT2D eigenvalue weighted by Crippen LogP contribution is 2.25. The number of carbonyl (C=O) groups is 2. The van der Waals surface area contributed by atoms with Crippen molar-refractivity contribution in [3.8, 4) is 6.07 Å². The van der Waals surface area contributed by atoms with E-state index in [2.05, 4.69) is 5.10 Å². The molecule has 1 aromatic heterocycles. The Morgan fingerprint density at radius 2 is 2.15 bits per heavy atom. The number of fused-ring (bicyclic) bond motifs is 1. The number of nitriles is 1. The molecule has 2 aromatic rings. The fourth-order valence-electron chi connectivity index (χ4n) is 3.47. The number of nitrogens with zero attached hydrogens (tertiary/aromatic N) is 5. The van der Waals surface area contributed by atoms with Crippen LogP contribution in [-0.2, 0) is 16.2 Å². The van der Waals surface area contributed by atoms with Gasteiger partial charge in [0.2, 0.25) is 0 Å². The van der Waals surface area contributed by atoms with Crippen molar-refractivity contribution < 1.29 is 14.4 Å². The minimum Gasteiger partial charge on any atom is -0.330 e. The minimum absolute atomic E-state index is 0.192. The first-order valence-corrected chi connectivity index (χ1v) is 8.93. The topological polar surface area (TPSA) is 91.5 Å². The summed E-state index contributed by atoms with van der Waals surface area (Å²) < 4.78 is 1.68. The van der Waals surface area contributed by atoms with Crippen LogP contribution < -0.4 is 0 Å². The lowest BCUT2D eigenvalue weighted by Crippen LogP contribution is -2.49. The second-order valence-electron chi connectivity index (χ2n) is 6.64. The summed E-state index contributed by atoms with van der Waals surface area (Å²) in [5.41, 5.74) is 1.65. The maximum atomic E-state index is 13.0. The molecule has 1 saturated heterocycles. The van der Waals surface area contributed by atoms with E-state index in [-0.39, 0.29) is 18.4 Å². The Hall–Kier alpha value is -3.18. The number of benzene rings is 1. The predicted octanol–water partition coefficient (Wildman–Crippen LogP) is 1.51. The number of amides is 2.